The zero-order valence-electron chi connectivity index (χ0n) is 19.7. The third kappa shape index (κ3) is 7.74. The number of likely N-dealkylation sites (tertiary alicyclic amines) is 1. The van der Waals surface area contributed by atoms with Crippen molar-refractivity contribution in [3.05, 3.63) is 53.2 Å². The lowest BCUT2D eigenvalue weighted by molar-refractivity contribution is 0.0672. The van der Waals surface area contributed by atoms with E-state index in [9.17, 15) is 5.11 Å². The van der Waals surface area contributed by atoms with Crippen molar-refractivity contribution >= 4 is 29.9 Å². The number of rotatable bonds is 8. The maximum atomic E-state index is 10.8. The number of piperidine rings is 1. The Labute approximate surface area is 209 Å². The minimum absolute atomic E-state index is 0. The molecule has 0 saturated carbocycles. The van der Waals surface area contributed by atoms with Crippen LogP contribution >= 0.6 is 24.0 Å². The fraction of sp³-hybridized carbons (Fsp3) is 0.583. The van der Waals surface area contributed by atoms with Crippen molar-refractivity contribution in [1.29, 1.82) is 0 Å². The first-order valence-electron chi connectivity index (χ1n) is 11.3. The van der Waals surface area contributed by atoms with Gasteiger partial charge in [-0.2, -0.15) is 0 Å². The fourth-order valence-electron chi connectivity index (χ4n) is 3.85. The van der Waals surface area contributed by atoms with Crippen molar-refractivity contribution in [3.8, 4) is 0 Å². The van der Waals surface area contributed by atoms with Crippen molar-refractivity contribution < 1.29 is 9.52 Å². The number of aryl methyl sites for hydroxylation is 2. The van der Waals surface area contributed by atoms with Gasteiger partial charge in [0, 0.05) is 13.1 Å². The molecular formula is C24H38IN5O2. The van der Waals surface area contributed by atoms with Gasteiger partial charge in [-0.15, -0.1) is 24.0 Å². The van der Waals surface area contributed by atoms with E-state index >= 15 is 0 Å². The third-order valence-corrected chi connectivity index (χ3v) is 5.98. The van der Waals surface area contributed by atoms with Crippen molar-refractivity contribution in [3.63, 3.8) is 0 Å². The Morgan fingerprint density at radius 1 is 1.22 bits per heavy atom. The van der Waals surface area contributed by atoms with E-state index < -0.39 is 5.60 Å². The number of aliphatic hydroxyl groups is 1. The van der Waals surface area contributed by atoms with Crippen LogP contribution in [0.5, 0.6) is 0 Å². The lowest BCUT2D eigenvalue weighted by Gasteiger charge is -2.31. The normalized spacial score (nSPS) is 17.5. The van der Waals surface area contributed by atoms with Gasteiger partial charge < -0.3 is 20.2 Å². The number of halogens is 1. The highest BCUT2D eigenvalue weighted by molar-refractivity contribution is 14.0. The molecule has 1 aliphatic rings. The van der Waals surface area contributed by atoms with Crippen LogP contribution in [0.25, 0.3) is 0 Å². The zero-order chi connectivity index (χ0) is 22.3. The van der Waals surface area contributed by atoms with E-state index in [1.165, 1.54) is 0 Å². The van der Waals surface area contributed by atoms with E-state index in [1.54, 1.807) is 0 Å². The predicted molar refractivity (Wildman–Crippen MR) is 139 cm³/mol. The van der Waals surface area contributed by atoms with Crippen LogP contribution in [0.4, 0.5) is 0 Å². The van der Waals surface area contributed by atoms with Crippen LogP contribution in [0.15, 0.2) is 39.7 Å². The molecule has 2 aromatic rings. The van der Waals surface area contributed by atoms with E-state index in [1.807, 2.05) is 51.1 Å². The van der Waals surface area contributed by atoms with Gasteiger partial charge in [-0.05, 0) is 65.1 Å². The molecule has 1 aliphatic heterocycles. The van der Waals surface area contributed by atoms with Gasteiger partial charge in [0.2, 0.25) is 5.89 Å². The molecule has 1 aromatic heterocycles. The number of aliphatic imine (C=N–C) groups is 1. The summed E-state index contributed by atoms with van der Waals surface area (Å²) in [5.74, 6) is 3.09. The van der Waals surface area contributed by atoms with E-state index in [0.29, 0.717) is 12.5 Å². The molecule has 2 heterocycles. The summed E-state index contributed by atoms with van der Waals surface area (Å²) in [5.41, 5.74) is 0.861. The molecule has 3 rings (SSSR count). The Morgan fingerprint density at radius 3 is 2.50 bits per heavy atom. The second-order valence-electron chi connectivity index (χ2n) is 8.68. The van der Waals surface area contributed by atoms with Crippen LogP contribution in [0.1, 0.15) is 49.6 Å². The highest BCUT2D eigenvalue weighted by Crippen LogP contribution is 2.21. The SMILES string of the molecule is CCNC(=NCC(C)(O)c1ccccc1)NCC1CCN(Cc2nc(C)c(C)o2)CC1.I. The Morgan fingerprint density at radius 2 is 1.91 bits per heavy atom. The number of nitrogens with zero attached hydrogens (tertiary/aromatic N) is 3. The number of aromatic nitrogens is 1. The third-order valence-electron chi connectivity index (χ3n) is 5.98. The summed E-state index contributed by atoms with van der Waals surface area (Å²) in [6.45, 7) is 12.7. The van der Waals surface area contributed by atoms with Crippen LogP contribution in [-0.4, -0.2) is 53.7 Å². The van der Waals surface area contributed by atoms with E-state index in [4.69, 9.17) is 4.42 Å². The molecule has 0 aliphatic carbocycles. The van der Waals surface area contributed by atoms with Crippen molar-refractivity contribution in [1.82, 2.24) is 20.5 Å². The van der Waals surface area contributed by atoms with E-state index in [-0.39, 0.29) is 24.0 Å². The van der Waals surface area contributed by atoms with E-state index in [0.717, 1.165) is 74.4 Å². The summed E-state index contributed by atoms with van der Waals surface area (Å²) in [4.78, 5) is 11.6. The summed E-state index contributed by atoms with van der Waals surface area (Å²) < 4.78 is 5.73. The molecule has 32 heavy (non-hydrogen) atoms. The number of nitrogens with one attached hydrogen (secondary N) is 2. The van der Waals surface area contributed by atoms with Gasteiger partial charge in [-0.1, -0.05) is 30.3 Å². The molecule has 0 amide bonds. The average Bonchev–Trinajstić information content (AvgIpc) is 3.08. The second kappa shape index (κ2) is 12.6. The number of benzene rings is 1. The minimum atomic E-state index is -0.994. The molecule has 3 N–H and O–H groups in total. The first-order valence-corrected chi connectivity index (χ1v) is 11.3. The smallest absolute Gasteiger partial charge is 0.208 e. The Bertz CT molecular complexity index is 826. The maximum Gasteiger partial charge on any atom is 0.208 e. The van der Waals surface area contributed by atoms with Gasteiger partial charge >= 0.3 is 0 Å². The molecule has 1 fully saturated rings. The minimum Gasteiger partial charge on any atom is -0.444 e. The zero-order valence-corrected chi connectivity index (χ0v) is 22.1. The molecule has 0 spiro atoms. The summed E-state index contributed by atoms with van der Waals surface area (Å²) in [5, 5.41) is 17.6. The van der Waals surface area contributed by atoms with Gasteiger partial charge in [0.1, 0.15) is 11.4 Å². The monoisotopic (exact) mass is 555 g/mol. The first kappa shape index (κ1) is 26.6. The number of hydrogen-bond donors (Lipinski definition) is 3. The highest BCUT2D eigenvalue weighted by Gasteiger charge is 2.23. The molecule has 178 valence electrons. The van der Waals surface area contributed by atoms with Crippen LogP contribution < -0.4 is 10.6 Å². The molecule has 1 aromatic carbocycles. The van der Waals surface area contributed by atoms with E-state index in [2.05, 4.69) is 32.4 Å². The lowest BCUT2D eigenvalue weighted by Crippen LogP contribution is -2.43. The van der Waals surface area contributed by atoms with Gasteiger partial charge in [-0.25, -0.2) is 9.98 Å². The first-order chi connectivity index (χ1) is 14.9. The molecular weight excluding hydrogens is 517 g/mol. The summed E-state index contributed by atoms with van der Waals surface area (Å²) >= 11 is 0. The Balaban J connectivity index is 0.00000363. The predicted octanol–water partition coefficient (Wildman–Crippen LogP) is 3.58. The topological polar surface area (TPSA) is 85.9 Å². The van der Waals surface area contributed by atoms with Crippen LogP contribution in [0.3, 0.4) is 0 Å². The summed E-state index contributed by atoms with van der Waals surface area (Å²) in [6, 6.07) is 9.70. The highest BCUT2D eigenvalue weighted by atomic mass is 127. The van der Waals surface area contributed by atoms with Gasteiger partial charge in [0.05, 0.1) is 18.8 Å². The summed E-state index contributed by atoms with van der Waals surface area (Å²) in [6.07, 6.45) is 2.26. The summed E-state index contributed by atoms with van der Waals surface area (Å²) in [7, 11) is 0. The van der Waals surface area contributed by atoms with Gasteiger partial charge in [0.25, 0.3) is 0 Å². The lowest BCUT2D eigenvalue weighted by atomic mass is 9.96. The Hall–Kier alpha value is -1.65. The van der Waals surface area contributed by atoms with Crippen LogP contribution in [0.2, 0.25) is 0 Å². The largest absolute Gasteiger partial charge is 0.444 e. The number of guanidine groups is 1. The van der Waals surface area contributed by atoms with Crippen molar-refractivity contribution in [2.75, 3.05) is 32.7 Å². The molecule has 0 radical (unpaired) electrons. The molecule has 1 unspecified atom stereocenters. The molecule has 0 bridgehead atoms. The average molecular weight is 556 g/mol. The van der Waals surface area contributed by atoms with Gasteiger partial charge in [0.15, 0.2) is 5.96 Å². The maximum absolute atomic E-state index is 10.8. The molecule has 8 heteroatoms. The fourth-order valence-corrected chi connectivity index (χ4v) is 3.85. The number of oxazole rings is 1. The van der Waals surface area contributed by atoms with Crippen LogP contribution in [-0.2, 0) is 12.1 Å². The Kier molecular flexibility index (Phi) is 10.4. The number of hydrogen-bond acceptors (Lipinski definition) is 5. The van der Waals surface area contributed by atoms with Crippen molar-refractivity contribution in [2.45, 2.75) is 52.7 Å². The molecule has 7 nitrogen and oxygen atoms in total. The van der Waals surface area contributed by atoms with Crippen LogP contribution in [0, 0.1) is 19.8 Å². The van der Waals surface area contributed by atoms with Crippen molar-refractivity contribution in [2.24, 2.45) is 10.9 Å². The second-order valence-corrected chi connectivity index (χ2v) is 8.68. The quantitative estimate of drug-likeness (QED) is 0.262. The molecule has 1 atom stereocenters. The molecule has 1 saturated heterocycles. The standard InChI is InChI=1S/C24H37N5O2.HI/c1-5-25-23(27-17-24(4,30)21-9-7-6-8-10-21)26-15-20-11-13-29(14-12-20)16-22-28-18(2)19(3)31-22;/h6-10,20,30H,5,11-17H2,1-4H3,(H2,25,26,27);1H. The van der Waals surface area contributed by atoms with Gasteiger partial charge in [-0.3, -0.25) is 4.90 Å².